The Balaban J connectivity index is 2.16. The molecular weight excluding hydrogens is 220 g/mol. The van der Waals surface area contributed by atoms with Gasteiger partial charge in [0.1, 0.15) is 11.6 Å². The van der Waals surface area contributed by atoms with Crippen LogP contribution in [0.5, 0.6) is 0 Å². The van der Waals surface area contributed by atoms with Gasteiger partial charge in [0.05, 0.1) is 5.56 Å². The number of anilines is 1. The van der Waals surface area contributed by atoms with Gasteiger partial charge in [0.15, 0.2) is 0 Å². The highest BCUT2D eigenvalue weighted by Crippen LogP contribution is 2.31. The van der Waals surface area contributed by atoms with Crippen molar-refractivity contribution >= 4 is 5.69 Å². The zero-order valence-corrected chi connectivity index (χ0v) is 9.13. The summed E-state index contributed by atoms with van der Waals surface area (Å²) in [6, 6.07) is 9.43. The van der Waals surface area contributed by atoms with Crippen LogP contribution in [0.15, 0.2) is 36.4 Å². The first kappa shape index (κ1) is 10.3. The van der Waals surface area contributed by atoms with Crippen molar-refractivity contribution in [3.63, 3.8) is 0 Å². The summed E-state index contributed by atoms with van der Waals surface area (Å²) >= 11 is 0. The van der Waals surface area contributed by atoms with E-state index < -0.39 is 11.6 Å². The van der Waals surface area contributed by atoms with Crippen LogP contribution in [0.2, 0.25) is 0 Å². The first-order valence-corrected chi connectivity index (χ1v) is 5.57. The van der Waals surface area contributed by atoms with E-state index >= 15 is 0 Å². The van der Waals surface area contributed by atoms with E-state index in [-0.39, 0.29) is 5.56 Å². The second-order valence-electron chi connectivity index (χ2n) is 4.15. The highest BCUT2D eigenvalue weighted by atomic mass is 19.1. The molecule has 3 rings (SSSR count). The molecule has 2 aromatic rings. The molecule has 0 aliphatic carbocycles. The van der Waals surface area contributed by atoms with Gasteiger partial charge in [0, 0.05) is 12.2 Å². The molecule has 1 aliphatic heterocycles. The van der Waals surface area contributed by atoms with Gasteiger partial charge >= 0.3 is 0 Å². The Morgan fingerprint density at radius 3 is 2.53 bits per heavy atom. The minimum absolute atomic E-state index is 0.0576. The number of fused-ring (bicyclic) bond motifs is 1. The molecule has 0 unspecified atom stereocenters. The predicted molar refractivity (Wildman–Crippen MR) is 64.0 cm³/mol. The molecule has 2 aromatic carbocycles. The van der Waals surface area contributed by atoms with Crippen molar-refractivity contribution in [1.82, 2.24) is 0 Å². The molecule has 1 heterocycles. The van der Waals surface area contributed by atoms with Crippen LogP contribution in [-0.2, 0) is 6.42 Å². The van der Waals surface area contributed by atoms with Crippen molar-refractivity contribution in [3.05, 3.63) is 53.6 Å². The number of halogens is 2. The molecule has 0 fully saturated rings. The summed E-state index contributed by atoms with van der Waals surface area (Å²) in [4.78, 5) is 0. The quantitative estimate of drug-likeness (QED) is 0.790. The molecule has 0 radical (unpaired) electrons. The molecule has 0 saturated carbocycles. The fourth-order valence-electron chi connectivity index (χ4n) is 2.23. The fourth-order valence-corrected chi connectivity index (χ4v) is 2.23. The summed E-state index contributed by atoms with van der Waals surface area (Å²) in [5.74, 6) is -1.04. The molecule has 1 N–H and O–H groups in total. The van der Waals surface area contributed by atoms with E-state index in [1.54, 1.807) is 6.07 Å². The Kier molecular flexibility index (Phi) is 2.32. The maximum Gasteiger partial charge on any atom is 0.133 e. The molecule has 17 heavy (non-hydrogen) atoms. The van der Waals surface area contributed by atoms with Crippen LogP contribution in [-0.4, -0.2) is 6.54 Å². The summed E-state index contributed by atoms with van der Waals surface area (Å²) in [5, 5.41) is 3.22. The predicted octanol–water partition coefficient (Wildman–Crippen LogP) is 3.60. The standard InChI is InChI=1S/C14H11F2N/c15-11-2-1-3-12(16)14(11)10-4-5-13-9(8-10)6-7-17-13/h1-5,8,17H,6-7H2. The Morgan fingerprint density at radius 2 is 1.76 bits per heavy atom. The van der Waals surface area contributed by atoms with Crippen molar-refractivity contribution in [2.24, 2.45) is 0 Å². The van der Waals surface area contributed by atoms with E-state index in [1.165, 1.54) is 18.2 Å². The van der Waals surface area contributed by atoms with Gasteiger partial charge in [-0.1, -0.05) is 12.1 Å². The van der Waals surface area contributed by atoms with Gasteiger partial charge < -0.3 is 5.32 Å². The van der Waals surface area contributed by atoms with E-state index in [9.17, 15) is 8.78 Å². The molecule has 1 nitrogen and oxygen atoms in total. The SMILES string of the molecule is Fc1cccc(F)c1-c1ccc2c(c1)CCN2. The van der Waals surface area contributed by atoms with Crippen LogP contribution in [0.25, 0.3) is 11.1 Å². The highest BCUT2D eigenvalue weighted by molar-refractivity contribution is 5.70. The Bertz CT molecular complexity index is 558. The molecule has 0 spiro atoms. The topological polar surface area (TPSA) is 12.0 Å². The van der Waals surface area contributed by atoms with Gasteiger partial charge in [0.25, 0.3) is 0 Å². The zero-order valence-electron chi connectivity index (χ0n) is 9.13. The van der Waals surface area contributed by atoms with Gasteiger partial charge in [-0.3, -0.25) is 0 Å². The number of nitrogens with one attached hydrogen (secondary N) is 1. The molecule has 0 aromatic heterocycles. The smallest absolute Gasteiger partial charge is 0.133 e. The first-order valence-electron chi connectivity index (χ1n) is 5.57. The summed E-state index contributed by atoms with van der Waals surface area (Å²) in [7, 11) is 0. The summed E-state index contributed by atoms with van der Waals surface area (Å²) in [6.07, 6.45) is 0.902. The third-order valence-electron chi connectivity index (χ3n) is 3.07. The minimum atomic E-state index is -0.518. The Hall–Kier alpha value is -1.90. The molecule has 0 bridgehead atoms. The lowest BCUT2D eigenvalue weighted by Gasteiger charge is -2.07. The lowest BCUT2D eigenvalue weighted by atomic mass is 10.0. The molecule has 0 saturated heterocycles. The molecular formula is C14H11F2N. The van der Waals surface area contributed by atoms with E-state index in [4.69, 9.17) is 0 Å². The van der Waals surface area contributed by atoms with Crippen molar-refractivity contribution in [2.45, 2.75) is 6.42 Å². The van der Waals surface area contributed by atoms with Crippen LogP contribution < -0.4 is 5.32 Å². The lowest BCUT2D eigenvalue weighted by molar-refractivity contribution is 0.589. The van der Waals surface area contributed by atoms with Crippen molar-refractivity contribution in [2.75, 3.05) is 11.9 Å². The molecule has 86 valence electrons. The van der Waals surface area contributed by atoms with Crippen molar-refractivity contribution in [1.29, 1.82) is 0 Å². The number of benzene rings is 2. The Labute approximate surface area is 98.1 Å². The first-order chi connectivity index (χ1) is 8.25. The van der Waals surface area contributed by atoms with Crippen LogP contribution in [0.4, 0.5) is 14.5 Å². The van der Waals surface area contributed by atoms with Gasteiger partial charge in [-0.05, 0) is 41.8 Å². The number of rotatable bonds is 1. The summed E-state index contributed by atoms with van der Waals surface area (Å²) in [6.45, 7) is 0.887. The molecule has 1 aliphatic rings. The normalized spacial score (nSPS) is 13.3. The van der Waals surface area contributed by atoms with Crippen molar-refractivity contribution < 1.29 is 8.78 Å². The molecule has 0 amide bonds. The van der Waals surface area contributed by atoms with Crippen LogP contribution in [0.1, 0.15) is 5.56 Å². The maximum absolute atomic E-state index is 13.6. The average Bonchev–Trinajstić information content (AvgIpc) is 2.76. The minimum Gasteiger partial charge on any atom is -0.384 e. The van der Waals surface area contributed by atoms with Crippen LogP contribution in [0, 0.1) is 11.6 Å². The Morgan fingerprint density at radius 1 is 1.00 bits per heavy atom. The second kappa shape index (κ2) is 3.84. The highest BCUT2D eigenvalue weighted by Gasteiger charge is 2.15. The largest absolute Gasteiger partial charge is 0.384 e. The van der Waals surface area contributed by atoms with E-state index in [2.05, 4.69) is 5.32 Å². The third kappa shape index (κ3) is 1.68. The molecule has 3 heteroatoms. The fraction of sp³-hybridized carbons (Fsp3) is 0.143. The van der Waals surface area contributed by atoms with Gasteiger partial charge in [0.2, 0.25) is 0 Å². The van der Waals surface area contributed by atoms with Crippen LogP contribution in [0.3, 0.4) is 0 Å². The van der Waals surface area contributed by atoms with E-state index in [0.717, 1.165) is 24.2 Å². The average molecular weight is 231 g/mol. The van der Waals surface area contributed by atoms with Crippen molar-refractivity contribution in [3.8, 4) is 11.1 Å². The maximum atomic E-state index is 13.6. The second-order valence-corrected chi connectivity index (χ2v) is 4.15. The monoisotopic (exact) mass is 231 g/mol. The third-order valence-corrected chi connectivity index (χ3v) is 3.07. The van der Waals surface area contributed by atoms with Gasteiger partial charge in [-0.25, -0.2) is 8.78 Å². The van der Waals surface area contributed by atoms with E-state index in [1.807, 2.05) is 12.1 Å². The number of hydrogen-bond acceptors (Lipinski definition) is 1. The molecule has 0 atom stereocenters. The van der Waals surface area contributed by atoms with Crippen LogP contribution >= 0.6 is 0 Å². The lowest BCUT2D eigenvalue weighted by Crippen LogP contribution is -1.91. The van der Waals surface area contributed by atoms with Gasteiger partial charge in [-0.2, -0.15) is 0 Å². The van der Waals surface area contributed by atoms with Gasteiger partial charge in [-0.15, -0.1) is 0 Å². The summed E-state index contributed by atoms with van der Waals surface area (Å²) in [5.41, 5.74) is 2.83. The number of hydrogen-bond donors (Lipinski definition) is 1. The zero-order chi connectivity index (χ0) is 11.8. The van der Waals surface area contributed by atoms with E-state index in [0.29, 0.717) is 5.56 Å². The summed E-state index contributed by atoms with van der Waals surface area (Å²) < 4.78 is 27.3.